The molecule has 13 nitrogen and oxygen atoms in total. The summed E-state index contributed by atoms with van der Waals surface area (Å²) >= 11 is 0. The Hall–Kier alpha value is -6.77. The lowest BCUT2D eigenvalue weighted by Gasteiger charge is -2.33. The van der Waals surface area contributed by atoms with Crippen LogP contribution in [0, 0.1) is 0 Å². The van der Waals surface area contributed by atoms with Crippen LogP contribution in [0.25, 0.3) is 0 Å². The van der Waals surface area contributed by atoms with Gasteiger partial charge in [0.25, 0.3) is 0 Å². The maximum absolute atomic E-state index is 13.0. The van der Waals surface area contributed by atoms with E-state index in [1.165, 1.54) is 26.0 Å². The smallest absolute Gasteiger partial charge is 0.419 e. The summed E-state index contributed by atoms with van der Waals surface area (Å²) in [5.41, 5.74) is 0.277. The van der Waals surface area contributed by atoms with Crippen LogP contribution < -0.4 is 36.6 Å². The Morgan fingerprint density at radius 1 is 0.367 bits per heavy atom. The highest BCUT2D eigenvalue weighted by Gasteiger charge is 2.49. The predicted molar refractivity (Wildman–Crippen MR) is 231 cm³/mol. The molecule has 0 saturated carbocycles. The van der Waals surface area contributed by atoms with Gasteiger partial charge in [-0.1, -0.05) is 124 Å². The van der Waals surface area contributed by atoms with Crippen molar-refractivity contribution in [1.29, 1.82) is 0 Å². The summed E-state index contributed by atoms with van der Waals surface area (Å²) in [7, 11) is -12.9. The van der Waals surface area contributed by atoms with Gasteiger partial charge in [0.15, 0.2) is 23.0 Å². The fourth-order valence-corrected chi connectivity index (χ4v) is 14.2. The average molecular weight is 862 g/mol. The summed E-state index contributed by atoms with van der Waals surface area (Å²) in [6.45, 7) is 10.5. The number of hydrogen-bond donors (Lipinski definition) is 0. The molecule has 0 radical (unpaired) electrons. The van der Waals surface area contributed by atoms with E-state index in [2.05, 4.69) is 13.2 Å². The molecule has 0 saturated heterocycles. The second kappa shape index (κ2) is 18.4. The number of hydrogen-bond acceptors (Lipinski definition) is 13. The topological polar surface area (TPSA) is 145 Å². The third-order valence-corrected chi connectivity index (χ3v) is 15.9. The molecule has 0 amide bonds. The molecule has 0 aliphatic carbocycles. The highest BCUT2D eigenvalue weighted by Crippen LogP contribution is 2.79. The molecular formula is C44H38N3O10P3. The van der Waals surface area contributed by atoms with Gasteiger partial charge in [0.1, 0.15) is 23.0 Å². The van der Waals surface area contributed by atoms with Crippen molar-refractivity contribution in [2.24, 2.45) is 13.5 Å². The molecule has 304 valence electrons. The van der Waals surface area contributed by atoms with Crippen LogP contribution in [0.1, 0.15) is 13.8 Å². The van der Waals surface area contributed by atoms with Crippen LogP contribution in [0.2, 0.25) is 0 Å². The van der Waals surface area contributed by atoms with Gasteiger partial charge in [-0.25, -0.2) is 9.59 Å². The second-order valence-electron chi connectivity index (χ2n) is 12.8. The van der Waals surface area contributed by atoms with E-state index in [9.17, 15) is 9.59 Å². The molecule has 0 atom stereocenters. The number of esters is 2. The number of benzene rings is 6. The van der Waals surface area contributed by atoms with Gasteiger partial charge in [0, 0.05) is 11.1 Å². The number of ether oxygens (including phenoxy) is 2. The van der Waals surface area contributed by atoms with Gasteiger partial charge < -0.3 is 36.6 Å². The number of para-hydroxylation sites is 8. The van der Waals surface area contributed by atoms with E-state index in [4.69, 9.17) is 50.2 Å². The highest BCUT2D eigenvalue weighted by molar-refractivity contribution is 7.79. The van der Waals surface area contributed by atoms with Crippen LogP contribution in [0.5, 0.6) is 46.0 Å². The summed E-state index contributed by atoms with van der Waals surface area (Å²) in [4.78, 5) is 25.9. The van der Waals surface area contributed by atoms with Gasteiger partial charge in [-0.15, -0.1) is 0 Å². The Bertz CT molecular complexity index is 2440. The molecule has 0 fully saturated rings. The lowest BCUT2D eigenvalue weighted by Crippen LogP contribution is -2.13. The first-order chi connectivity index (χ1) is 29.0. The highest BCUT2D eigenvalue weighted by atomic mass is 31.3. The minimum Gasteiger partial charge on any atom is -0.419 e. The first-order valence-electron chi connectivity index (χ1n) is 18.2. The van der Waals surface area contributed by atoms with Gasteiger partial charge in [-0.2, -0.15) is 0 Å². The third kappa shape index (κ3) is 10.4. The minimum atomic E-state index is -4.49. The van der Waals surface area contributed by atoms with Crippen molar-refractivity contribution in [1.82, 2.24) is 0 Å². The molecule has 7 rings (SSSR count). The van der Waals surface area contributed by atoms with Gasteiger partial charge in [0.2, 0.25) is 0 Å². The molecule has 6 aromatic carbocycles. The maximum atomic E-state index is 13.0. The summed E-state index contributed by atoms with van der Waals surface area (Å²) in [5, 5.41) is 0. The van der Waals surface area contributed by atoms with E-state index < -0.39 is 34.9 Å². The van der Waals surface area contributed by atoms with Crippen LogP contribution in [0.15, 0.2) is 208 Å². The van der Waals surface area contributed by atoms with Crippen molar-refractivity contribution in [3.05, 3.63) is 194 Å². The van der Waals surface area contributed by atoms with E-state index in [0.29, 0.717) is 23.0 Å². The first-order valence-corrected chi connectivity index (χ1v) is 22.8. The number of carbonyl (C=O) groups excluding carboxylic acids is 2. The van der Waals surface area contributed by atoms with Crippen LogP contribution in [-0.4, -0.2) is 11.9 Å². The first kappa shape index (κ1) is 41.4. The quantitative estimate of drug-likeness (QED) is 0.0399. The standard InChI is InChI=1S/C44H38N3O10P3/c1-33(2)43(48)50-39-29-17-19-31-41(39)56-60(57-42-32-20-18-30-40(42)51-44(49)34(3)4)46-58(52-35-21-9-5-10-22-35,53-36-23-11-6-12-24-36)45-59(47-60,54-37-25-13-7-14-26-37)55-38-27-15-8-16-28-38/h5-32H,1,3H2,2,4H3. The van der Waals surface area contributed by atoms with E-state index in [1.807, 2.05) is 24.3 Å². The molecule has 0 unspecified atom stereocenters. The molecular weight excluding hydrogens is 823 g/mol. The molecule has 1 heterocycles. The zero-order valence-corrected chi connectivity index (χ0v) is 35.0. The van der Waals surface area contributed by atoms with E-state index in [0.717, 1.165) is 0 Å². The Balaban J connectivity index is 1.59. The molecule has 1 aliphatic heterocycles. The molecule has 0 spiro atoms. The Morgan fingerprint density at radius 3 is 0.867 bits per heavy atom. The number of rotatable bonds is 16. The predicted octanol–water partition coefficient (Wildman–Crippen LogP) is 13.3. The van der Waals surface area contributed by atoms with Crippen molar-refractivity contribution < 1.29 is 46.2 Å². The van der Waals surface area contributed by atoms with Gasteiger partial charge in [0.05, 0.1) is 0 Å². The fraction of sp³-hybridized carbons (Fsp3) is 0.0455. The number of carbonyl (C=O) groups is 2. The summed E-state index contributed by atoms with van der Waals surface area (Å²) < 4.78 is 68.0. The summed E-state index contributed by atoms with van der Waals surface area (Å²) in [5.74, 6) is -0.245. The maximum Gasteiger partial charge on any atom is 0.461 e. The Morgan fingerprint density at radius 2 is 0.600 bits per heavy atom. The normalized spacial score (nSPS) is 14.2. The van der Waals surface area contributed by atoms with Gasteiger partial charge in [-0.3, -0.25) is 0 Å². The van der Waals surface area contributed by atoms with Crippen molar-refractivity contribution in [3.63, 3.8) is 0 Å². The largest absolute Gasteiger partial charge is 0.461 e. The average Bonchev–Trinajstić information content (AvgIpc) is 3.23. The zero-order valence-electron chi connectivity index (χ0n) is 32.3. The lowest BCUT2D eigenvalue weighted by atomic mass is 10.3. The van der Waals surface area contributed by atoms with Crippen LogP contribution >= 0.6 is 23.0 Å². The third-order valence-electron chi connectivity index (χ3n) is 7.78. The van der Waals surface area contributed by atoms with Crippen molar-refractivity contribution in [3.8, 4) is 46.0 Å². The summed E-state index contributed by atoms with van der Waals surface area (Å²) in [6.07, 6.45) is 0. The van der Waals surface area contributed by atoms with Crippen LogP contribution in [0.4, 0.5) is 0 Å². The molecule has 0 N–H and O–H groups in total. The molecule has 0 aromatic heterocycles. The van der Waals surface area contributed by atoms with E-state index in [-0.39, 0.29) is 34.1 Å². The van der Waals surface area contributed by atoms with Crippen LogP contribution in [0.3, 0.4) is 0 Å². The molecule has 0 bridgehead atoms. The van der Waals surface area contributed by atoms with E-state index >= 15 is 0 Å². The number of nitrogens with zero attached hydrogens (tertiary/aromatic N) is 3. The monoisotopic (exact) mass is 861 g/mol. The van der Waals surface area contributed by atoms with Crippen molar-refractivity contribution in [2.45, 2.75) is 13.8 Å². The van der Waals surface area contributed by atoms with Crippen LogP contribution in [-0.2, 0) is 9.59 Å². The SMILES string of the molecule is C=C(C)C(=O)Oc1ccccc1OP1(Oc2ccccc2OC(=O)C(=C)C)=NP(Oc2ccccc2)(Oc2ccccc2)=NP(Oc2ccccc2)(Oc2ccccc2)=N1. The molecule has 16 heteroatoms. The Labute approximate surface area is 347 Å². The summed E-state index contributed by atoms with van der Waals surface area (Å²) in [6, 6.07) is 48.0. The van der Waals surface area contributed by atoms with Crippen molar-refractivity contribution >= 4 is 34.9 Å². The molecule has 1 aliphatic rings. The fourth-order valence-electron chi connectivity index (χ4n) is 5.08. The second-order valence-corrected chi connectivity index (χ2v) is 19.0. The minimum absolute atomic E-state index is 0.0165. The Kier molecular flexibility index (Phi) is 12.7. The van der Waals surface area contributed by atoms with Crippen molar-refractivity contribution in [2.75, 3.05) is 0 Å². The molecule has 6 aromatic rings. The zero-order chi connectivity index (χ0) is 42.0. The lowest BCUT2D eigenvalue weighted by molar-refractivity contribution is -0.131. The molecule has 60 heavy (non-hydrogen) atoms. The van der Waals surface area contributed by atoms with E-state index in [1.54, 1.807) is 133 Å². The van der Waals surface area contributed by atoms with Gasteiger partial charge in [-0.05, 0) is 86.6 Å². The van der Waals surface area contributed by atoms with Gasteiger partial charge >= 0.3 is 34.9 Å².